The number of nitrogens with one attached hydrogen (secondary N) is 1. The normalized spacial score (nSPS) is 14.5. The third-order valence-corrected chi connectivity index (χ3v) is 12.6. The van der Waals surface area contributed by atoms with E-state index in [1.165, 1.54) is 19.2 Å². The van der Waals surface area contributed by atoms with Crippen molar-refractivity contribution in [2.75, 3.05) is 7.11 Å². The summed E-state index contributed by atoms with van der Waals surface area (Å²) in [4.78, 5) is 29.7. The van der Waals surface area contributed by atoms with Crippen LogP contribution in [0.25, 0.3) is 0 Å². The maximum atomic E-state index is 13.8. The van der Waals surface area contributed by atoms with Crippen LogP contribution >= 0.6 is 0 Å². The lowest BCUT2D eigenvalue weighted by molar-refractivity contribution is 0.0438. The molecule has 0 fully saturated rings. The highest BCUT2D eigenvalue weighted by Gasteiger charge is 2.42. The summed E-state index contributed by atoms with van der Waals surface area (Å²) < 4.78 is 45.3. The van der Waals surface area contributed by atoms with Crippen molar-refractivity contribution >= 4 is 30.4 Å². The second kappa shape index (κ2) is 11.2. The molecule has 1 aromatic heterocycles. The molecule has 0 radical (unpaired) electrons. The van der Waals surface area contributed by atoms with Crippen molar-refractivity contribution in [1.29, 1.82) is 0 Å². The summed E-state index contributed by atoms with van der Waals surface area (Å²) in [6.45, 7) is 19.0. The van der Waals surface area contributed by atoms with Crippen LogP contribution in [0.5, 0.6) is 0 Å². The fourth-order valence-electron chi connectivity index (χ4n) is 3.34. The smallest absolute Gasteiger partial charge is 0.408 e. The largest absolute Gasteiger partial charge is 0.464 e. The lowest BCUT2D eigenvalue weighted by Crippen LogP contribution is -2.48. The van der Waals surface area contributed by atoms with Gasteiger partial charge in [-0.2, -0.15) is 0 Å². The first kappa shape index (κ1) is 31.5. The number of alkyl carbamates (subject to hydrolysis) is 1. The van der Waals surface area contributed by atoms with Crippen molar-refractivity contribution in [3.8, 4) is 0 Å². The molecular formula is C26H41N3O7SSi. The highest BCUT2D eigenvalue weighted by atomic mass is 32.2. The summed E-state index contributed by atoms with van der Waals surface area (Å²) in [7, 11) is -5.43. The van der Waals surface area contributed by atoms with Gasteiger partial charge in [-0.15, -0.1) is 0 Å². The number of nitrogens with zero attached hydrogens (tertiary/aromatic N) is 2. The van der Waals surface area contributed by atoms with E-state index in [4.69, 9.17) is 13.9 Å². The highest BCUT2D eigenvalue weighted by Crippen LogP contribution is 2.39. The van der Waals surface area contributed by atoms with Crippen LogP contribution in [-0.2, 0) is 23.9 Å². The molecule has 2 aromatic rings. The minimum absolute atomic E-state index is 0.00727. The molecule has 10 nitrogen and oxygen atoms in total. The molecular weight excluding hydrogens is 526 g/mol. The Bertz CT molecular complexity index is 1260. The Morgan fingerprint density at radius 3 is 2.08 bits per heavy atom. The van der Waals surface area contributed by atoms with Gasteiger partial charge in [-0.3, -0.25) is 0 Å². The Morgan fingerprint density at radius 1 is 1.05 bits per heavy atom. The number of benzene rings is 1. The minimum Gasteiger partial charge on any atom is -0.464 e. The van der Waals surface area contributed by atoms with E-state index in [9.17, 15) is 18.0 Å². The van der Waals surface area contributed by atoms with E-state index in [1.54, 1.807) is 39.8 Å². The molecule has 0 aliphatic rings. The molecule has 0 saturated heterocycles. The topological polar surface area (TPSA) is 126 Å². The second-order valence-corrected chi connectivity index (χ2v) is 18.4. The fourth-order valence-corrected chi connectivity index (χ4v) is 6.11. The van der Waals surface area contributed by atoms with Crippen molar-refractivity contribution < 1.29 is 31.9 Å². The van der Waals surface area contributed by atoms with Crippen LogP contribution in [-0.4, -0.2) is 56.6 Å². The van der Waals surface area contributed by atoms with Crippen LogP contribution in [0.2, 0.25) is 18.1 Å². The van der Waals surface area contributed by atoms with E-state index in [0.29, 0.717) is 0 Å². The van der Waals surface area contributed by atoms with Gasteiger partial charge in [0.1, 0.15) is 17.5 Å². The van der Waals surface area contributed by atoms with E-state index in [2.05, 4.69) is 31.1 Å². The average molecular weight is 568 g/mol. The summed E-state index contributed by atoms with van der Waals surface area (Å²) >= 11 is 0. The van der Waals surface area contributed by atoms with Crippen LogP contribution in [0, 0.1) is 6.92 Å². The maximum Gasteiger partial charge on any atom is 0.408 e. The number of hydrogen-bond acceptors (Lipinski definition) is 8. The summed E-state index contributed by atoms with van der Waals surface area (Å²) in [5.74, 6) is -0.930. The van der Waals surface area contributed by atoms with Gasteiger partial charge in [0.05, 0.1) is 24.3 Å². The number of rotatable bonds is 8. The zero-order chi connectivity index (χ0) is 29.3. The Hall–Kier alpha value is -2.70. The number of hydrogen-bond donors (Lipinski definition) is 1. The third kappa shape index (κ3) is 7.45. The number of carbonyl (C=O) groups is 2. The first-order valence-electron chi connectivity index (χ1n) is 12.4. The number of aromatic nitrogens is 2. The highest BCUT2D eigenvalue weighted by molar-refractivity contribution is 7.90. The molecule has 0 saturated carbocycles. The van der Waals surface area contributed by atoms with Gasteiger partial charge >= 0.3 is 12.1 Å². The van der Waals surface area contributed by atoms with Gasteiger partial charge in [-0.1, -0.05) is 38.5 Å². The van der Waals surface area contributed by atoms with E-state index in [0.717, 1.165) is 15.7 Å². The Kier molecular flexibility index (Phi) is 9.28. The summed E-state index contributed by atoms with van der Waals surface area (Å²) in [5.41, 5.74) is -0.154. The first-order valence-corrected chi connectivity index (χ1v) is 16.7. The molecule has 38 heavy (non-hydrogen) atoms. The molecule has 0 aliphatic carbocycles. The van der Waals surface area contributed by atoms with E-state index >= 15 is 0 Å². The van der Waals surface area contributed by atoms with Gasteiger partial charge in [0.25, 0.3) is 10.0 Å². The molecule has 212 valence electrons. The number of esters is 1. The predicted molar refractivity (Wildman–Crippen MR) is 147 cm³/mol. The standard InChI is InChI=1S/C26H41N3O7SSi/c1-17-12-14-19(15-13-17)37(32,33)29-16-20(23(30)34-9)27-22(29)21(28-24(31)35-25(3,4)5)18(2)36-38(10,11)26(6,7)8/h12-16,18,21H,1-11H3,(H,28,31)/t18-,21+/m1/s1. The molecule has 0 aliphatic heterocycles. The molecule has 2 rings (SSSR count). The lowest BCUT2D eigenvalue weighted by atomic mass is 10.1. The van der Waals surface area contributed by atoms with Crippen molar-refractivity contribution in [1.82, 2.24) is 14.3 Å². The zero-order valence-corrected chi connectivity index (χ0v) is 26.0. The molecule has 0 unspecified atom stereocenters. The number of methoxy groups -OCH3 is 1. The van der Waals surface area contributed by atoms with E-state index in [1.807, 2.05) is 20.0 Å². The molecule has 0 spiro atoms. The lowest BCUT2D eigenvalue weighted by Gasteiger charge is -2.40. The van der Waals surface area contributed by atoms with Gasteiger partial charge in [-0.25, -0.2) is 27.0 Å². The van der Waals surface area contributed by atoms with Gasteiger partial charge in [0.2, 0.25) is 0 Å². The van der Waals surface area contributed by atoms with Gasteiger partial charge in [0.15, 0.2) is 14.0 Å². The van der Waals surface area contributed by atoms with Crippen molar-refractivity contribution in [3.05, 3.63) is 47.5 Å². The Labute approximate surface area is 227 Å². The molecule has 12 heteroatoms. The molecule has 2 atom stereocenters. The number of ether oxygens (including phenoxy) is 2. The summed E-state index contributed by atoms with van der Waals surface area (Å²) in [6.07, 6.45) is -0.419. The predicted octanol–water partition coefficient (Wildman–Crippen LogP) is 5.19. The fraction of sp³-hybridized carbons (Fsp3) is 0.577. The van der Waals surface area contributed by atoms with Gasteiger partial charge in [-0.05, 0) is 64.9 Å². The SMILES string of the molecule is COC(=O)c1cn(S(=O)(=O)c2ccc(C)cc2)c([C@@H](NC(=O)OC(C)(C)C)[C@@H](C)O[Si](C)(C)C(C)(C)C)n1. The van der Waals surface area contributed by atoms with E-state index in [-0.39, 0.29) is 21.5 Å². The molecule has 1 N–H and O–H groups in total. The minimum atomic E-state index is -4.22. The first-order chi connectivity index (χ1) is 17.2. The number of carbonyl (C=O) groups excluding carboxylic acids is 2. The quantitative estimate of drug-likeness (QED) is 0.341. The van der Waals surface area contributed by atoms with Crippen molar-refractivity contribution in [3.63, 3.8) is 0 Å². The molecule has 1 aromatic carbocycles. The third-order valence-electron chi connectivity index (χ3n) is 6.38. The Balaban J connectivity index is 2.74. The van der Waals surface area contributed by atoms with Crippen LogP contribution in [0.3, 0.4) is 0 Å². The number of aryl methyl sites for hydroxylation is 1. The Morgan fingerprint density at radius 2 is 1.61 bits per heavy atom. The van der Waals surface area contributed by atoms with Crippen LogP contribution in [0.15, 0.2) is 35.4 Å². The average Bonchev–Trinajstić information content (AvgIpc) is 3.21. The summed E-state index contributed by atoms with van der Waals surface area (Å²) in [6, 6.07) is 5.20. The zero-order valence-electron chi connectivity index (χ0n) is 24.2. The molecule has 1 heterocycles. The van der Waals surface area contributed by atoms with Crippen molar-refractivity contribution in [2.45, 2.75) is 96.2 Å². The maximum absolute atomic E-state index is 13.8. The van der Waals surface area contributed by atoms with Crippen molar-refractivity contribution in [2.24, 2.45) is 0 Å². The second-order valence-electron chi connectivity index (χ2n) is 11.8. The van der Waals surface area contributed by atoms with Gasteiger partial charge < -0.3 is 19.2 Å². The number of amides is 1. The van der Waals surface area contributed by atoms with Crippen LogP contribution in [0.4, 0.5) is 4.79 Å². The summed E-state index contributed by atoms with van der Waals surface area (Å²) in [5, 5.41) is 2.57. The van der Waals surface area contributed by atoms with Gasteiger partial charge in [0, 0.05) is 0 Å². The van der Waals surface area contributed by atoms with Crippen LogP contribution in [0.1, 0.15) is 76.4 Å². The molecule has 1 amide bonds. The monoisotopic (exact) mass is 567 g/mol. The number of imidazole rings is 1. The van der Waals surface area contributed by atoms with E-state index < -0.39 is 48.2 Å². The molecule has 0 bridgehead atoms. The van der Waals surface area contributed by atoms with Crippen LogP contribution < -0.4 is 5.32 Å².